The molecule has 2 fully saturated rings. The maximum atomic E-state index is 11.8. The predicted octanol–water partition coefficient (Wildman–Crippen LogP) is 0.722. The average Bonchev–Trinajstić information content (AvgIpc) is 2.89. The largest absolute Gasteiger partial charge is 0.458 e. The number of piperidine rings is 1. The Kier molecular flexibility index (Phi) is 2.52. The summed E-state index contributed by atoms with van der Waals surface area (Å²) in [5, 5.41) is 0. The Hall–Kier alpha value is -1.39. The maximum Gasteiger partial charge on any atom is 0.329 e. The number of likely N-dealkylation sites (tertiary alicyclic amines) is 1. The van der Waals surface area contributed by atoms with E-state index in [1.165, 1.54) is 6.92 Å². The first-order valence-electron chi connectivity index (χ1n) is 5.82. The summed E-state index contributed by atoms with van der Waals surface area (Å²) in [7, 11) is 0. The van der Waals surface area contributed by atoms with Crippen LogP contribution in [-0.2, 0) is 19.1 Å². The Morgan fingerprint density at radius 1 is 1.29 bits per heavy atom. The number of rotatable bonds is 2. The van der Waals surface area contributed by atoms with Crippen molar-refractivity contribution >= 4 is 17.8 Å². The van der Waals surface area contributed by atoms with Gasteiger partial charge >= 0.3 is 5.97 Å². The number of ether oxygens (including phenoxy) is 1. The number of carbonyl (C=O) groups excluding carboxylic acids is 3. The molecule has 3 unspecified atom stereocenters. The summed E-state index contributed by atoms with van der Waals surface area (Å²) in [6, 6.07) is -0.818. The summed E-state index contributed by atoms with van der Waals surface area (Å²) >= 11 is 0. The molecular formula is C12H17NO4. The fraction of sp³-hybridized carbons (Fsp3) is 0.750. The highest BCUT2D eigenvalue weighted by Gasteiger charge is 2.60. The summed E-state index contributed by atoms with van der Waals surface area (Å²) in [6.07, 6.45) is 0.648. The molecule has 0 aromatic rings. The minimum Gasteiger partial charge on any atom is -0.458 e. The van der Waals surface area contributed by atoms with Crippen LogP contribution in [0, 0.1) is 11.8 Å². The molecule has 2 aliphatic rings. The van der Waals surface area contributed by atoms with Crippen molar-refractivity contribution in [3.05, 3.63) is 0 Å². The molecule has 0 spiro atoms. The first-order valence-corrected chi connectivity index (χ1v) is 5.82. The quantitative estimate of drug-likeness (QED) is 0.526. The first-order chi connectivity index (χ1) is 7.72. The van der Waals surface area contributed by atoms with Gasteiger partial charge in [-0.25, -0.2) is 4.79 Å². The monoisotopic (exact) mass is 239 g/mol. The van der Waals surface area contributed by atoms with Gasteiger partial charge in [-0.15, -0.1) is 0 Å². The van der Waals surface area contributed by atoms with Gasteiger partial charge in [0.25, 0.3) is 0 Å². The van der Waals surface area contributed by atoms with Gasteiger partial charge < -0.3 is 4.74 Å². The molecule has 17 heavy (non-hydrogen) atoms. The van der Waals surface area contributed by atoms with Crippen LogP contribution in [0.25, 0.3) is 0 Å². The lowest BCUT2D eigenvalue weighted by molar-refractivity contribution is -0.166. The van der Waals surface area contributed by atoms with Crippen molar-refractivity contribution in [2.24, 2.45) is 11.8 Å². The van der Waals surface area contributed by atoms with Gasteiger partial charge in [-0.3, -0.25) is 14.5 Å². The Morgan fingerprint density at radius 2 is 1.76 bits per heavy atom. The van der Waals surface area contributed by atoms with E-state index < -0.39 is 17.6 Å². The summed E-state index contributed by atoms with van der Waals surface area (Å²) in [4.78, 5) is 36.4. The summed E-state index contributed by atoms with van der Waals surface area (Å²) in [5.41, 5.74) is -0.611. The molecule has 1 aliphatic carbocycles. The molecule has 2 rings (SSSR count). The zero-order valence-electron chi connectivity index (χ0n) is 10.5. The number of imide groups is 1. The zero-order valence-corrected chi connectivity index (χ0v) is 10.5. The highest BCUT2D eigenvalue weighted by molar-refractivity contribution is 6.11. The lowest BCUT2D eigenvalue weighted by atomic mass is 10.2. The van der Waals surface area contributed by atoms with Crippen molar-refractivity contribution in [2.45, 2.75) is 45.8 Å². The van der Waals surface area contributed by atoms with E-state index in [1.807, 2.05) is 0 Å². The van der Waals surface area contributed by atoms with Gasteiger partial charge in [0.15, 0.2) is 0 Å². The normalized spacial score (nSPS) is 29.1. The number of amides is 2. The van der Waals surface area contributed by atoms with Crippen molar-refractivity contribution in [3.63, 3.8) is 0 Å². The molecule has 0 N–H and O–H groups in total. The lowest BCUT2D eigenvalue weighted by Gasteiger charge is -2.27. The van der Waals surface area contributed by atoms with E-state index in [4.69, 9.17) is 4.74 Å². The Balaban J connectivity index is 2.05. The van der Waals surface area contributed by atoms with E-state index in [2.05, 4.69) is 0 Å². The fourth-order valence-electron chi connectivity index (χ4n) is 2.08. The van der Waals surface area contributed by atoms with Crippen molar-refractivity contribution in [1.29, 1.82) is 0 Å². The molecule has 1 aliphatic heterocycles. The molecule has 0 bridgehead atoms. The van der Waals surface area contributed by atoms with Gasteiger partial charge in [0, 0.05) is 0 Å². The second kappa shape index (κ2) is 3.55. The first kappa shape index (κ1) is 12.1. The standard InChI is InChI=1S/C12H17NO4/c1-6(11(16)17-12(2,3)4)13-9(14)7-5-8(7)10(13)15/h6-8H,5H2,1-4H3. The molecule has 0 aromatic carbocycles. The molecular weight excluding hydrogens is 222 g/mol. The van der Waals surface area contributed by atoms with E-state index in [1.54, 1.807) is 20.8 Å². The van der Waals surface area contributed by atoms with Gasteiger partial charge in [-0.2, -0.15) is 0 Å². The van der Waals surface area contributed by atoms with Crippen LogP contribution < -0.4 is 0 Å². The van der Waals surface area contributed by atoms with Gasteiger partial charge in [-0.1, -0.05) is 0 Å². The van der Waals surface area contributed by atoms with E-state index >= 15 is 0 Å². The summed E-state index contributed by atoms with van der Waals surface area (Å²) in [6.45, 7) is 6.79. The van der Waals surface area contributed by atoms with Gasteiger partial charge in [0.2, 0.25) is 11.8 Å². The molecule has 2 amide bonds. The molecule has 0 aromatic heterocycles. The molecule has 0 radical (unpaired) electrons. The van der Waals surface area contributed by atoms with Crippen LogP contribution in [0.15, 0.2) is 0 Å². The Bertz CT molecular complexity index is 376. The fourth-order valence-corrected chi connectivity index (χ4v) is 2.08. The van der Waals surface area contributed by atoms with Crippen LogP contribution in [0.1, 0.15) is 34.1 Å². The molecule has 1 heterocycles. The maximum absolute atomic E-state index is 11.8. The number of fused-ring (bicyclic) bond motifs is 1. The number of hydrogen-bond acceptors (Lipinski definition) is 4. The third-order valence-corrected chi connectivity index (χ3v) is 3.03. The number of hydrogen-bond donors (Lipinski definition) is 0. The minimum absolute atomic E-state index is 0.174. The van der Waals surface area contributed by atoms with Crippen LogP contribution >= 0.6 is 0 Å². The third-order valence-electron chi connectivity index (χ3n) is 3.03. The minimum atomic E-state index is -0.818. The van der Waals surface area contributed by atoms with E-state index in [0.29, 0.717) is 6.42 Å². The highest BCUT2D eigenvalue weighted by atomic mass is 16.6. The number of esters is 1. The Labute approximate surface area is 100 Å². The van der Waals surface area contributed by atoms with Crippen molar-refractivity contribution < 1.29 is 19.1 Å². The van der Waals surface area contributed by atoms with Crippen molar-refractivity contribution in [2.75, 3.05) is 0 Å². The highest BCUT2D eigenvalue weighted by Crippen LogP contribution is 2.47. The third kappa shape index (κ3) is 2.06. The molecule has 1 saturated carbocycles. The predicted molar refractivity (Wildman–Crippen MR) is 58.8 cm³/mol. The molecule has 5 heteroatoms. The van der Waals surface area contributed by atoms with Gasteiger partial charge in [0.05, 0.1) is 11.8 Å². The molecule has 5 nitrogen and oxygen atoms in total. The molecule has 1 saturated heterocycles. The second-order valence-corrected chi connectivity index (χ2v) is 5.70. The van der Waals surface area contributed by atoms with Crippen LogP contribution in [0.2, 0.25) is 0 Å². The zero-order chi connectivity index (χ0) is 13.0. The number of carbonyl (C=O) groups is 3. The van der Waals surface area contributed by atoms with E-state index in [-0.39, 0.29) is 23.7 Å². The average molecular weight is 239 g/mol. The summed E-state index contributed by atoms with van der Waals surface area (Å²) in [5.74, 6) is -1.32. The second-order valence-electron chi connectivity index (χ2n) is 5.70. The SMILES string of the molecule is CC(C(=O)OC(C)(C)C)N1C(=O)C2CC2C1=O. The van der Waals surface area contributed by atoms with E-state index in [0.717, 1.165) is 4.90 Å². The molecule has 3 atom stereocenters. The van der Waals surface area contributed by atoms with Crippen LogP contribution in [0.5, 0.6) is 0 Å². The van der Waals surface area contributed by atoms with Crippen LogP contribution in [-0.4, -0.2) is 34.3 Å². The lowest BCUT2D eigenvalue weighted by Crippen LogP contribution is -2.47. The Morgan fingerprint density at radius 3 is 2.18 bits per heavy atom. The summed E-state index contributed by atoms with van der Waals surface area (Å²) < 4.78 is 5.17. The van der Waals surface area contributed by atoms with Crippen molar-refractivity contribution in [3.8, 4) is 0 Å². The van der Waals surface area contributed by atoms with Crippen LogP contribution in [0.3, 0.4) is 0 Å². The van der Waals surface area contributed by atoms with Crippen molar-refractivity contribution in [1.82, 2.24) is 4.90 Å². The van der Waals surface area contributed by atoms with Gasteiger partial charge in [0.1, 0.15) is 11.6 Å². The van der Waals surface area contributed by atoms with E-state index in [9.17, 15) is 14.4 Å². The topological polar surface area (TPSA) is 63.7 Å². The smallest absolute Gasteiger partial charge is 0.329 e. The van der Waals surface area contributed by atoms with Gasteiger partial charge in [-0.05, 0) is 34.1 Å². The molecule has 94 valence electrons. The number of nitrogens with zero attached hydrogens (tertiary/aromatic N) is 1. The van der Waals surface area contributed by atoms with Crippen LogP contribution in [0.4, 0.5) is 0 Å².